The van der Waals surface area contributed by atoms with Crippen molar-refractivity contribution in [2.45, 2.75) is 45.1 Å². The summed E-state index contributed by atoms with van der Waals surface area (Å²) in [6.07, 6.45) is -0.934. The molecule has 7 nitrogen and oxygen atoms in total. The Balaban J connectivity index is 1.32. The molecule has 0 spiro atoms. The van der Waals surface area contributed by atoms with Gasteiger partial charge in [0.15, 0.2) is 6.29 Å². The Morgan fingerprint density at radius 2 is 1.50 bits per heavy atom. The summed E-state index contributed by atoms with van der Waals surface area (Å²) >= 11 is 0. The lowest BCUT2D eigenvalue weighted by Crippen LogP contribution is -2.43. The zero-order chi connectivity index (χ0) is 29.3. The van der Waals surface area contributed by atoms with Crippen molar-refractivity contribution in [2.75, 3.05) is 18.9 Å². The molecule has 4 atom stereocenters. The Kier molecular flexibility index (Phi) is 10.0. The van der Waals surface area contributed by atoms with Gasteiger partial charge in [-0.2, -0.15) is 0 Å². The third-order valence-corrected chi connectivity index (χ3v) is 7.62. The predicted octanol–water partition coefficient (Wildman–Crippen LogP) is 6.42. The first-order valence-corrected chi connectivity index (χ1v) is 14.4. The van der Waals surface area contributed by atoms with Gasteiger partial charge in [-0.25, -0.2) is 4.79 Å². The maximum absolute atomic E-state index is 12.6. The minimum Gasteiger partial charge on any atom is -0.392 e. The molecule has 4 aromatic carbocycles. The van der Waals surface area contributed by atoms with Crippen LogP contribution in [0.2, 0.25) is 0 Å². The number of rotatable bonds is 10. The van der Waals surface area contributed by atoms with Crippen molar-refractivity contribution < 1.29 is 19.4 Å². The minimum atomic E-state index is -0.618. The van der Waals surface area contributed by atoms with Gasteiger partial charge in [0.05, 0.1) is 18.8 Å². The van der Waals surface area contributed by atoms with Gasteiger partial charge in [0.25, 0.3) is 0 Å². The highest BCUT2D eigenvalue weighted by molar-refractivity contribution is 5.89. The van der Waals surface area contributed by atoms with Crippen LogP contribution in [-0.2, 0) is 29.2 Å². The maximum Gasteiger partial charge on any atom is 0.319 e. The Labute approximate surface area is 248 Å². The highest BCUT2D eigenvalue weighted by Gasteiger charge is 2.38. The molecule has 7 heteroatoms. The van der Waals surface area contributed by atoms with E-state index in [-0.39, 0.29) is 30.8 Å². The second-order valence-electron chi connectivity index (χ2n) is 10.9. The Bertz CT molecular complexity index is 1420. The zero-order valence-electron chi connectivity index (χ0n) is 24.1. The molecule has 0 radical (unpaired) electrons. The summed E-state index contributed by atoms with van der Waals surface area (Å²) in [5.41, 5.74) is 5.66. The van der Waals surface area contributed by atoms with E-state index in [1.165, 1.54) is 5.56 Å². The number of nitrogens with one attached hydrogen (secondary N) is 2. The molecule has 3 N–H and O–H groups in total. The van der Waals surface area contributed by atoms with Gasteiger partial charge in [-0.1, -0.05) is 104 Å². The summed E-state index contributed by atoms with van der Waals surface area (Å²) in [4.78, 5) is 14.9. The summed E-state index contributed by atoms with van der Waals surface area (Å²) in [5.74, 6) is 0.0736. The Morgan fingerprint density at radius 1 is 0.810 bits per heavy atom. The number of urea groups is 1. The summed E-state index contributed by atoms with van der Waals surface area (Å²) in [6.45, 7) is 4.14. The van der Waals surface area contributed by atoms with Crippen LogP contribution in [-0.4, -0.2) is 35.7 Å². The molecule has 0 saturated carbocycles. The third kappa shape index (κ3) is 7.84. The van der Waals surface area contributed by atoms with Crippen LogP contribution in [0.15, 0.2) is 109 Å². The van der Waals surface area contributed by atoms with Crippen LogP contribution >= 0.6 is 0 Å². The second-order valence-corrected chi connectivity index (χ2v) is 10.9. The molecule has 2 amide bonds. The quantitative estimate of drug-likeness (QED) is 0.207. The van der Waals surface area contributed by atoms with Crippen molar-refractivity contribution in [3.05, 3.63) is 137 Å². The van der Waals surface area contributed by atoms with Crippen LogP contribution in [0.5, 0.6) is 0 Å². The van der Waals surface area contributed by atoms with E-state index >= 15 is 0 Å². The van der Waals surface area contributed by atoms with Crippen molar-refractivity contribution in [1.29, 1.82) is 0 Å². The first kappa shape index (κ1) is 29.5. The number of likely N-dealkylation sites (N-methyl/N-ethyl adjacent to an activating group) is 1. The monoisotopic (exact) mass is 565 g/mol. The Hall–Kier alpha value is -4.01. The van der Waals surface area contributed by atoms with Crippen LogP contribution < -0.4 is 10.6 Å². The number of carbonyl (C=O) groups is 1. The first-order valence-electron chi connectivity index (χ1n) is 14.4. The maximum atomic E-state index is 12.6. The number of nitrogens with zero attached hydrogens (tertiary/aromatic N) is 1. The number of aliphatic hydroxyl groups excluding tert-OH is 1. The van der Waals surface area contributed by atoms with E-state index in [1.807, 2.05) is 84.9 Å². The second kappa shape index (κ2) is 14.2. The van der Waals surface area contributed by atoms with Crippen molar-refractivity contribution in [1.82, 2.24) is 10.2 Å². The lowest BCUT2D eigenvalue weighted by Gasteiger charge is -2.42. The SMILES string of the molecule is C[C@H]1[C@@H](CN(C)Cc2ccccc2)O[C@@H](c2cccc(NC(=O)NCc3ccccc3)c2)O[C@H]1c1ccc(CO)cc1. The van der Waals surface area contributed by atoms with Crippen LogP contribution in [0, 0.1) is 5.92 Å². The van der Waals surface area contributed by atoms with Crippen molar-refractivity contribution in [3.8, 4) is 0 Å². The summed E-state index contributed by atoms with van der Waals surface area (Å²) < 4.78 is 13.2. The average Bonchev–Trinajstić information content (AvgIpc) is 3.02. The summed E-state index contributed by atoms with van der Waals surface area (Å²) in [6, 6.07) is 35.5. The number of hydrogen-bond acceptors (Lipinski definition) is 5. The van der Waals surface area contributed by atoms with E-state index in [0.29, 0.717) is 12.2 Å². The fourth-order valence-corrected chi connectivity index (χ4v) is 5.31. The normalized spacial score (nSPS) is 20.3. The Morgan fingerprint density at radius 3 is 2.19 bits per heavy atom. The van der Waals surface area contributed by atoms with E-state index < -0.39 is 6.29 Å². The lowest BCUT2D eigenvalue weighted by molar-refractivity contribution is -0.276. The van der Waals surface area contributed by atoms with E-state index in [4.69, 9.17) is 9.47 Å². The van der Waals surface area contributed by atoms with E-state index in [2.05, 4.69) is 53.8 Å². The standard InChI is InChI=1S/C35H39N3O4/c1-25-32(23-38(2)22-27-12-7-4-8-13-27)41-34(42-33(25)29-18-16-28(24-39)17-19-29)30-14-9-15-31(20-30)37-35(40)36-21-26-10-5-3-6-11-26/h3-20,25,32-34,39H,21-24H2,1-2H3,(H2,36,37,40)/t25-,32+,33+,34+/m0/s1. The van der Waals surface area contributed by atoms with Gasteiger partial charge in [0.1, 0.15) is 0 Å². The molecule has 42 heavy (non-hydrogen) atoms. The smallest absolute Gasteiger partial charge is 0.319 e. The highest BCUT2D eigenvalue weighted by Crippen LogP contribution is 2.42. The van der Waals surface area contributed by atoms with Crippen molar-refractivity contribution >= 4 is 11.7 Å². The summed E-state index contributed by atoms with van der Waals surface area (Å²) in [5, 5.41) is 15.4. The van der Waals surface area contributed by atoms with Gasteiger partial charge in [-0.15, -0.1) is 0 Å². The molecule has 1 fully saturated rings. The molecular weight excluding hydrogens is 526 g/mol. The molecule has 5 rings (SSSR count). The lowest BCUT2D eigenvalue weighted by atomic mass is 9.90. The van der Waals surface area contributed by atoms with Gasteiger partial charge in [0.2, 0.25) is 0 Å². The molecule has 1 aliphatic rings. The predicted molar refractivity (Wildman–Crippen MR) is 164 cm³/mol. The number of benzene rings is 4. The van der Waals surface area contributed by atoms with Crippen LogP contribution in [0.3, 0.4) is 0 Å². The van der Waals surface area contributed by atoms with E-state index in [9.17, 15) is 9.90 Å². The molecule has 0 aromatic heterocycles. The van der Waals surface area contributed by atoms with E-state index in [0.717, 1.165) is 35.3 Å². The van der Waals surface area contributed by atoms with Gasteiger partial charge < -0.3 is 25.2 Å². The number of hydrogen-bond donors (Lipinski definition) is 3. The molecular formula is C35H39N3O4. The fraction of sp³-hybridized carbons (Fsp3) is 0.286. The molecule has 218 valence electrons. The first-order chi connectivity index (χ1) is 20.5. The number of anilines is 1. The molecule has 0 bridgehead atoms. The van der Waals surface area contributed by atoms with Gasteiger partial charge in [-0.05, 0) is 41.4 Å². The minimum absolute atomic E-state index is 0.00127. The molecule has 0 aliphatic carbocycles. The van der Waals surface area contributed by atoms with Crippen LogP contribution in [0.1, 0.15) is 47.1 Å². The third-order valence-electron chi connectivity index (χ3n) is 7.62. The van der Waals surface area contributed by atoms with Crippen molar-refractivity contribution in [2.24, 2.45) is 5.92 Å². The number of aliphatic hydroxyl groups is 1. The number of carbonyl (C=O) groups excluding carboxylic acids is 1. The zero-order valence-corrected chi connectivity index (χ0v) is 24.1. The molecule has 1 heterocycles. The van der Waals surface area contributed by atoms with Gasteiger partial charge >= 0.3 is 6.03 Å². The molecule has 0 unspecified atom stereocenters. The number of ether oxygens (including phenoxy) is 2. The molecule has 1 saturated heterocycles. The van der Waals surface area contributed by atoms with E-state index in [1.54, 1.807) is 0 Å². The van der Waals surface area contributed by atoms with Gasteiger partial charge in [0, 0.05) is 36.8 Å². The highest BCUT2D eigenvalue weighted by atomic mass is 16.7. The molecule has 1 aliphatic heterocycles. The van der Waals surface area contributed by atoms with Crippen LogP contribution in [0.25, 0.3) is 0 Å². The fourth-order valence-electron chi connectivity index (χ4n) is 5.31. The van der Waals surface area contributed by atoms with Crippen molar-refractivity contribution in [3.63, 3.8) is 0 Å². The number of amides is 2. The average molecular weight is 566 g/mol. The molecule has 4 aromatic rings. The topological polar surface area (TPSA) is 83.1 Å². The van der Waals surface area contributed by atoms with Crippen LogP contribution in [0.4, 0.5) is 10.5 Å². The van der Waals surface area contributed by atoms with Gasteiger partial charge in [-0.3, -0.25) is 4.90 Å². The largest absolute Gasteiger partial charge is 0.392 e. The summed E-state index contributed by atoms with van der Waals surface area (Å²) in [7, 11) is 2.11.